The van der Waals surface area contributed by atoms with Crippen molar-refractivity contribution in [2.75, 3.05) is 39.3 Å². The van der Waals surface area contributed by atoms with Crippen LogP contribution in [0.5, 0.6) is 0 Å². The molecule has 4 nitrogen and oxygen atoms in total. The minimum atomic E-state index is 0.231. The number of nitrogens with zero attached hydrogens (tertiary/aromatic N) is 2. The van der Waals surface area contributed by atoms with Crippen LogP contribution < -0.4 is 11.5 Å². The molecule has 0 amide bonds. The molecule has 134 valence electrons. The Morgan fingerprint density at radius 2 is 1.36 bits per heavy atom. The van der Waals surface area contributed by atoms with Gasteiger partial charge in [0.1, 0.15) is 0 Å². The standard InChI is InChI=1S/C18H42N4/c1-5-9-14-21(15-10-6-2)16-12-17(20)18(11-13-19)22(7-3)8-4/h17-18H,5-16,19-20H2,1-4H3. The van der Waals surface area contributed by atoms with Crippen molar-refractivity contribution in [1.29, 1.82) is 0 Å². The van der Waals surface area contributed by atoms with Gasteiger partial charge in [-0.25, -0.2) is 0 Å². The highest BCUT2D eigenvalue weighted by molar-refractivity contribution is 4.82. The zero-order valence-corrected chi connectivity index (χ0v) is 15.7. The Bertz CT molecular complexity index is 223. The second kappa shape index (κ2) is 14.4. The summed E-state index contributed by atoms with van der Waals surface area (Å²) in [7, 11) is 0. The summed E-state index contributed by atoms with van der Waals surface area (Å²) in [5, 5.41) is 0. The van der Waals surface area contributed by atoms with E-state index in [1.807, 2.05) is 0 Å². The van der Waals surface area contributed by atoms with Gasteiger partial charge in [-0.15, -0.1) is 0 Å². The molecule has 22 heavy (non-hydrogen) atoms. The van der Waals surface area contributed by atoms with Crippen LogP contribution in [-0.2, 0) is 0 Å². The van der Waals surface area contributed by atoms with E-state index < -0.39 is 0 Å². The Kier molecular flexibility index (Phi) is 14.3. The third kappa shape index (κ3) is 9.09. The number of unbranched alkanes of at least 4 members (excludes halogenated alkanes) is 2. The maximum atomic E-state index is 6.54. The number of hydrogen-bond acceptors (Lipinski definition) is 4. The molecule has 4 heteroatoms. The molecule has 0 aliphatic rings. The van der Waals surface area contributed by atoms with Gasteiger partial charge in [-0.1, -0.05) is 40.5 Å². The second-order valence-electron chi connectivity index (χ2n) is 6.37. The zero-order chi connectivity index (χ0) is 16.8. The van der Waals surface area contributed by atoms with Gasteiger partial charge in [-0.05, 0) is 65.0 Å². The number of likely N-dealkylation sites (N-methyl/N-ethyl adjacent to an activating group) is 1. The van der Waals surface area contributed by atoms with E-state index in [9.17, 15) is 0 Å². The van der Waals surface area contributed by atoms with Crippen LogP contribution in [0.15, 0.2) is 0 Å². The van der Waals surface area contributed by atoms with Crippen LogP contribution in [0.25, 0.3) is 0 Å². The number of hydrogen-bond donors (Lipinski definition) is 2. The molecule has 0 heterocycles. The summed E-state index contributed by atoms with van der Waals surface area (Å²) in [4.78, 5) is 5.08. The normalized spacial score (nSPS) is 14.7. The first-order valence-electron chi connectivity index (χ1n) is 9.56. The van der Waals surface area contributed by atoms with Crippen molar-refractivity contribution in [3.8, 4) is 0 Å². The summed E-state index contributed by atoms with van der Waals surface area (Å²) in [5.74, 6) is 0. The second-order valence-corrected chi connectivity index (χ2v) is 6.37. The lowest BCUT2D eigenvalue weighted by Crippen LogP contribution is -2.50. The SMILES string of the molecule is CCCCN(CCCC)CCC(N)C(CCN)N(CC)CC. The average molecular weight is 315 g/mol. The molecule has 0 fully saturated rings. The van der Waals surface area contributed by atoms with Crippen LogP contribution >= 0.6 is 0 Å². The average Bonchev–Trinajstić information content (AvgIpc) is 2.54. The fourth-order valence-electron chi connectivity index (χ4n) is 3.15. The molecule has 2 unspecified atom stereocenters. The number of nitrogens with two attached hydrogens (primary N) is 2. The lowest BCUT2D eigenvalue weighted by molar-refractivity contribution is 0.163. The van der Waals surface area contributed by atoms with E-state index in [-0.39, 0.29) is 6.04 Å². The van der Waals surface area contributed by atoms with Gasteiger partial charge in [0, 0.05) is 12.1 Å². The molecule has 0 aromatic carbocycles. The summed E-state index contributed by atoms with van der Waals surface area (Å²) >= 11 is 0. The van der Waals surface area contributed by atoms with Crippen molar-refractivity contribution in [2.45, 2.75) is 78.3 Å². The van der Waals surface area contributed by atoms with Crippen LogP contribution in [0.3, 0.4) is 0 Å². The molecule has 0 aliphatic heterocycles. The maximum absolute atomic E-state index is 6.54. The molecule has 0 bridgehead atoms. The monoisotopic (exact) mass is 314 g/mol. The Morgan fingerprint density at radius 3 is 1.77 bits per heavy atom. The molecule has 4 N–H and O–H groups in total. The minimum absolute atomic E-state index is 0.231. The Labute approximate surface area is 139 Å². The summed E-state index contributed by atoms with van der Waals surface area (Å²) in [6, 6.07) is 0.661. The molecule has 2 atom stereocenters. The van der Waals surface area contributed by atoms with Crippen molar-refractivity contribution >= 4 is 0 Å². The topological polar surface area (TPSA) is 58.5 Å². The van der Waals surface area contributed by atoms with Crippen LogP contribution in [0, 0.1) is 0 Å². The largest absolute Gasteiger partial charge is 0.330 e. The van der Waals surface area contributed by atoms with Crippen molar-refractivity contribution in [3.63, 3.8) is 0 Å². The van der Waals surface area contributed by atoms with Crippen molar-refractivity contribution in [3.05, 3.63) is 0 Å². The highest BCUT2D eigenvalue weighted by Gasteiger charge is 2.22. The Morgan fingerprint density at radius 1 is 0.818 bits per heavy atom. The summed E-state index contributed by atoms with van der Waals surface area (Å²) in [6.07, 6.45) is 7.21. The lowest BCUT2D eigenvalue weighted by atomic mass is 10.00. The van der Waals surface area contributed by atoms with E-state index in [4.69, 9.17) is 11.5 Å². The Balaban J connectivity index is 4.43. The first-order valence-corrected chi connectivity index (χ1v) is 9.56. The fourth-order valence-corrected chi connectivity index (χ4v) is 3.15. The molecule has 0 aromatic heterocycles. The first-order chi connectivity index (χ1) is 10.6. The van der Waals surface area contributed by atoms with Gasteiger partial charge in [-0.2, -0.15) is 0 Å². The van der Waals surface area contributed by atoms with Crippen molar-refractivity contribution < 1.29 is 0 Å². The highest BCUT2D eigenvalue weighted by atomic mass is 15.2. The van der Waals surface area contributed by atoms with Gasteiger partial charge in [0.25, 0.3) is 0 Å². The molecule has 0 spiro atoms. The van der Waals surface area contributed by atoms with Gasteiger partial charge in [-0.3, -0.25) is 4.90 Å². The molecule has 0 rings (SSSR count). The van der Waals surface area contributed by atoms with Gasteiger partial charge in [0.05, 0.1) is 0 Å². The molecule has 0 saturated carbocycles. The summed E-state index contributed by atoms with van der Waals surface area (Å²) < 4.78 is 0. The van der Waals surface area contributed by atoms with Crippen LogP contribution in [0.4, 0.5) is 0 Å². The zero-order valence-electron chi connectivity index (χ0n) is 15.7. The first kappa shape index (κ1) is 21.8. The molecule has 0 aromatic rings. The van der Waals surface area contributed by atoms with Crippen LogP contribution in [0.2, 0.25) is 0 Å². The molecule has 0 saturated heterocycles. The Hall–Kier alpha value is -0.160. The highest BCUT2D eigenvalue weighted by Crippen LogP contribution is 2.11. The van der Waals surface area contributed by atoms with Gasteiger partial charge in [0.15, 0.2) is 0 Å². The molecular formula is C18H42N4. The van der Waals surface area contributed by atoms with E-state index >= 15 is 0 Å². The van der Waals surface area contributed by atoms with Crippen molar-refractivity contribution in [2.24, 2.45) is 11.5 Å². The number of rotatable bonds is 15. The predicted molar refractivity (Wildman–Crippen MR) is 99.2 cm³/mol. The fraction of sp³-hybridized carbons (Fsp3) is 1.00. The van der Waals surface area contributed by atoms with E-state index in [1.165, 1.54) is 38.8 Å². The van der Waals surface area contributed by atoms with Crippen LogP contribution in [-0.4, -0.2) is 61.2 Å². The lowest BCUT2D eigenvalue weighted by Gasteiger charge is -2.35. The quantitative estimate of drug-likeness (QED) is 0.488. The van der Waals surface area contributed by atoms with Crippen molar-refractivity contribution in [1.82, 2.24) is 9.80 Å². The molecular weight excluding hydrogens is 272 g/mol. The minimum Gasteiger partial charge on any atom is -0.330 e. The van der Waals surface area contributed by atoms with Gasteiger partial charge >= 0.3 is 0 Å². The van der Waals surface area contributed by atoms with Gasteiger partial charge < -0.3 is 16.4 Å². The smallest absolute Gasteiger partial charge is 0.0259 e. The predicted octanol–water partition coefficient (Wildman–Crippen LogP) is 2.67. The molecule has 0 radical (unpaired) electrons. The summed E-state index contributed by atoms with van der Waals surface area (Å²) in [5.41, 5.74) is 12.3. The van der Waals surface area contributed by atoms with E-state index in [0.717, 1.165) is 39.0 Å². The third-order valence-electron chi connectivity index (χ3n) is 4.67. The van der Waals surface area contributed by atoms with E-state index in [1.54, 1.807) is 0 Å². The van der Waals surface area contributed by atoms with E-state index in [2.05, 4.69) is 37.5 Å². The van der Waals surface area contributed by atoms with Gasteiger partial charge in [0.2, 0.25) is 0 Å². The molecule has 0 aliphatic carbocycles. The van der Waals surface area contributed by atoms with E-state index in [0.29, 0.717) is 6.04 Å². The van der Waals surface area contributed by atoms with Crippen LogP contribution in [0.1, 0.15) is 66.2 Å². The summed E-state index contributed by atoms with van der Waals surface area (Å²) in [6.45, 7) is 15.4. The maximum Gasteiger partial charge on any atom is 0.0259 e. The third-order valence-corrected chi connectivity index (χ3v) is 4.67.